The Morgan fingerprint density at radius 2 is 2.22 bits per heavy atom. The van der Waals surface area contributed by atoms with Gasteiger partial charge in [0.25, 0.3) is 0 Å². The van der Waals surface area contributed by atoms with Crippen LogP contribution in [0.3, 0.4) is 0 Å². The van der Waals surface area contributed by atoms with E-state index in [1.54, 1.807) is 18.9 Å². The van der Waals surface area contributed by atoms with Gasteiger partial charge in [-0.05, 0) is 17.7 Å². The van der Waals surface area contributed by atoms with Gasteiger partial charge in [-0.15, -0.1) is 0 Å². The van der Waals surface area contributed by atoms with Crippen LogP contribution in [-0.2, 0) is 13.6 Å². The zero-order chi connectivity index (χ0) is 16.1. The summed E-state index contributed by atoms with van der Waals surface area (Å²) in [5.41, 5.74) is 1.12. The Balaban J connectivity index is 1.51. The number of methoxy groups -OCH3 is 1. The third kappa shape index (κ3) is 3.92. The van der Waals surface area contributed by atoms with Crippen molar-refractivity contribution in [3.8, 4) is 17.2 Å². The summed E-state index contributed by atoms with van der Waals surface area (Å²) in [5, 5.41) is 4.47. The Kier molecular flexibility index (Phi) is 5.30. The highest BCUT2D eigenvalue weighted by Gasteiger charge is 2.18. The van der Waals surface area contributed by atoms with Gasteiger partial charge >= 0.3 is 0 Å². The van der Waals surface area contributed by atoms with Crippen molar-refractivity contribution in [1.82, 2.24) is 14.9 Å². The Bertz CT molecular complexity index is 643. The summed E-state index contributed by atoms with van der Waals surface area (Å²) in [6.07, 6.45) is 3.77. The van der Waals surface area contributed by atoms with Gasteiger partial charge in [0, 0.05) is 38.3 Å². The maximum Gasteiger partial charge on any atom is 0.203 e. The number of aromatic nitrogens is 2. The molecule has 1 aromatic carbocycles. The smallest absolute Gasteiger partial charge is 0.203 e. The van der Waals surface area contributed by atoms with Crippen LogP contribution in [0, 0.1) is 0 Å². The maximum atomic E-state index is 5.65. The molecule has 124 valence electrons. The molecule has 0 fully saturated rings. The van der Waals surface area contributed by atoms with Gasteiger partial charge < -0.3 is 24.1 Å². The lowest BCUT2D eigenvalue weighted by molar-refractivity contribution is 0.165. The van der Waals surface area contributed by atoms with Crippen molar-refractivity contribution in [2.45, 2.75) is 11.7 Å². The van der Waals surface area contributed by atoms with Crippen LogP contribution in [0.2, 0.25) is 0 Å². The number of hydrogen-bond donors (Lipinski definition) is 1. The van der Waals surface area contributed by atoms with Gasteiger partial charge in [0.05, 0.1) is 7.11 Å². The summed E-state index contributed by atoms with van der Waals surface area (Å²) in [6.45, 7) is 2.79. The zero-order valence-electron chi connectivity index (χ0n) is 13.4. The molecule has 2 heterocycles. The summed E-state index contributed by atoms with van der Waals surface area (Å²) < 4.78 is 18.7. The molecule has 0 radical (unpaired) electrons. The van der Waals surface area contributed by atoms with Crippen molar-refractivity contribution in [2.24, 2.45) is 7.05 Å². The SMILES string of the molecule is COc1cc(CNCCSc2nccn2C)cc2c1OCCO2. The molecule has 0 saturated carbocycles. The molecule has 0 saturated heterocycles. The minimum absolute atomic E-state index is 0.561. The first-order chi connectivity index (χ1) is 11.3. The fraction of sp³-hybridized carbons (Fsp3) is 0.438. The molecule has 0 atom stereocenters. The van der Waals surface area contributed by atoms with E-state index in [4.69, 9.17) is 14.2 Å². The minimum Gasteiger partial charge on any atom is -0.493 e. The predicted molar refractivity (Wildman–Crippen MR) is 89.6 cm³/mol. The molecule has 0 unspecified atom stereocenters. The zero-order valence-corrected chi connectivity index (χ0v) is 14.2. The topological polar surface area (TPSA) is 57.5 Å². The van der Waals surface area contributed by atoms with Gasteiger partial charge in [-0.3, -0.25) is 0 Å². The van der Waals surface area contributed by atoms with Crippen LogP contribution in [0.1, 0.15) is 5.56 Å². The second kappa shape index (κ2) is 7.61. The van der Waals surface area contributed by atoms with Crippen LogP contribution in [0.15, 0.2) is 29.7 Å². The Morgan fingerprint density at radius 3 is 3.00 bits per heavy atom. The monoisotopic (exact) mass is 335 g/mol. The minimum atomic E-state index is 0.561. The fourth-order valence-corrected chi connectivity index (χ4v) is 3.20. The number of hydrogen-bond acceptors (Lipinski definition) is 6. The molecule has 0 amide bonds. The van der Waals surface area contributed by atoms with E-state index < -0.39 is 0 Å². The Labute approximate surface area is 140 Å². The highest BCUT2D eigenvalue weighted by molar-refractivity contribution is 7.99. The van der Waals surface area contributed by atoms with Gasteiger partial charge in [0.15, 0.2) is 16.7 Å². The van der Waals surface area contributed by atoms with Gasteiger partial charge in [-0.2, -0.15) is 0 Å². The summed E-state index contributed by atoms with van der Waals surface area (Å²) in [4.78, 5) is 4.29. The highest BCUT2D eigenvalue weighted by Crippen LogP contribution is 2.40. The van der Waals surface area contributed by atoms with E-state index in [0.717, 1.165) is 41.1 Å². The van der Waals surface area contributed by atoms with E-state index in [0.29, 0.717) is 19.0 Å². The van der Waals surface area contributed by atoms with Crippen LogP contribution < -0.4 is 19.5 Å². The number of aryl methyl sites for hydroxylation is 1. The predicted octanol–water partition coefficient (Wildman–Crippen LogP) is 2.08. The standard InChI is InChI=1S/C16H21N3O3S/c1-19-5-3-18-16(19)23-8-4-17-11-12-9-13(20-2)15-14(10-12)21-6-7-22-15/h3,5,9-10,17H,4,6-8,11H2,1-2H3. The van der Waals surface area contributed by atoms with E-state index in [1.807, 2.05) is 36.1 Å². The lowest BCUT2D eigenvalue weighted by Gasteiger charge is -2.21. The first kappa shape index (κ1) is 16.0. The summed E-state index contributed by atoms with van der Waals surface area (Å²) in [6, 6.07) is 4.00. The molecule has 1 aromatic heterocycles. The maximum absolute atomic E-state index is 5.65. The molecule has 0 aliphatic carbocycles. The number of ether oxygens (including phenoxy) is 3. The van der Waals surface area contributed by atoms with Gasteiger partial charge in [-0.1, -0.05) is 11.8 Å². The summed E-state index contributed by atoms with van der Waals surface area (Å²) in [7, 11) is 3.65. The number of nitrogens with zero attached hydrogens (tertiary/aromatic N) is 2. The second-order valence-corrected chi connectivity index (χ2v) is 6.23. The van der Waals surface area contributed by atoms with E-state index in [1.165, 1.54) is 0 Å². The van der Waals surface area contributed by atoms with E-state index in [2.05, 4.69) is 10.3 Å². The van der Waals surface area contributed by atoms with E-state index in [-0.39, 0.29) is 0 Å². The molecule has 1 N–H and O–H groups in total. The molecule has 1 aliphatic rings. The van der Waals surface area contributed by atoms with Crippen LogP contribution in [0.25, 0.3) is 0 Å². The number of thioether (sulfide) groups is 1. The van der Waals surface area contributed by atoms with Crippen molar-refractivity contribution < 1.29 is 14.2 Å². The van der Waals surface area contributed by atoms with E-state index >= 15 is 0 Å². The summed E-state index contributed by atoms with van der Waals surface area (Å²) >= 11 is 1.74. The van der Waals surface area contributed by atoms with Crippen LogP contribution in [-0.4, -0.2) is 42.2 Å². The average Bonchev–Trinajstić information content (AvgIpc) is 2.99. The number of benzene rings is 1. The second-order valence-electron chi connectivity index (χ2n) is 5.17. The van der Waals surface area contributed by atoms with Gasteiger partial charge in [0.1, 0.15) is 13.2 Å². The highest BCUT2D eigenvalue weighted by atomic mass is 32.2. The number of rotatable bonds is 7. The van der Waals surface area contributed by atoms with Crippen molar-refractivity contribution in [3.05, 3.63) is 30.1 Å². The summed E-state index contributed by atoms with van der Waals surface area (Å²) in [5.74, 6) is 3.15. The third-order valence-corrected chi connectivity index (χ3v) is 4.56. The molecular formula is C16H21N3O3S. The number of fused-ring (bicyclic) bond motifs is 1. The number of nitrogens with one attached hydrogen (secondary N) is 1. The normalized spacial score (nSPS) is 13.1. The van der Waals surface area contributed by atoms with Crippen molar-refractivity contribution in [1.29, 1.82) is 0 Å². The molecule has 0 spiro atoms. The van der Waals surface area contributed by atoms with Crippen molar-refractivity contribution >= 4 is 11.8 Å². The van der Waals surface area contributed by atoms with Crippen LogP contribution in [0.4, 0.5) is 0 Å². The Morgan fingerprint density at radius 1 is 1.35 bits per heavy atom. The molecule has 1 aliphatic heterocycles. The van der Waals surface area contributed by atoms with Crippen molar-refractivity contribution in [2.75, 3.05) is 32.6 Å². The van der Waals surface area contributed by atoms with Crippen LogP contribution >= 0.6 is 11.8 Å². The Hall–Kier alpha value is -1.86. The number of imidazole rings is 1. The largest absolute Gasteiger partial charge is 0.493 e. The molecule has 23 heavy (non-hydrogen) atoms. The molecule has 3 rings (SSSR count). The first-order valence-electron chi connectivity index (χ1n) is 7.55. The molecule has 7 heteroatoms. The average molecular weight is 335 g/mol. The lowest BCUT2D eigenvalue weighted by Crippen LogP contribution is -2.19. The quantitative estimate of drug-likeness (QED) is 0.618. The fourth-order valence-electron chi connectivity index (χ4n) is 2.37. The van der Waals surface area contributed by atoms with Crippen LogP contribution in [0.5, 0.6) is 17.2 Å². The molecule has 2 aromatic rings. The van der Waals surface area contributed by atoms with E-state index in [9.17, 15) is 0 Å². The molecular weight excluding hydrogens is 314 g/mol. The van der Waals surface area contributed by atoms with Crippen molar-refractivity contribution in [3.63, 3.8) is 0 Å². The molecule has 0 bridgehead atoms. The molecule has 6 nitrogen and oxygen atoms in total. The third-order valence-electron chi connectivity index (χ3n) is 3.50. The first-order valence-corrected chi connectivity index (χ1v) is 8.54. The lowest BCUT2D eigenvalue weighted by atomic mass is 10.1. The van der Waals surface area contributed by atoms with Gasteiger partial charge in [0.2, 0.25) is 5.75 Å². The van der Waals surface area contributed by atoms with Gasteiger partial charge in [-0.25, -0.2) is 4.98 Å².